The second-order valence-corrected chi connectivity index (χ2v) is 9.70. The summed E-state index contributed by atoms with van der Waals surface area (Å²) in [5.74, 6) is -1.69. The Morgan fingerprint density at radius 2 is 1.47 bits per heavy atom. The van der Waals surface area contributed by atoms with E-state index in [9.17, 15) is 19.6 Å². The number of amides is 1. The first-order chi connectivity index (χ1) is 16.4. The molecule has 3 aliphatic carbocycles. The van der Waals surface area contributed by atoms with Crippen molar-refractivity contribution < 1.29 is 28.6 Å². The molecule has 4 rings (SSSR count). The lowest BCUT2D eigenvalue weighted by Gasteiger charge is -2.37. The number of benzene rings is 1. The van der Waals surface area contributed by atoms with E-state index < -0.39 is 35.2 Å². The Morgan fingerprint density at radius 1 is 0.912 bits per heavy atom. The van der Waals surface area contributed by atoms with Crippen LogP contribution in [0, 0.1) is 35.0 Å². The highest BCUT2D eigenvalue weighted by Gasteiger charge is 2.49. The topological polar surface area (TPSA) is 115 Å². The summed E-state index contributed by atoms with van der Waals surface area (Å²) in [7, 11) is 4.46. The van der Waals surface area contributed by atoms with Gasteiger partial charge in [0.05, 0.1) is 33.3 Å². The quantitative estimate of drug-likeness (QED) is 0.612. The zero-order valence-electron chi connectivity index (χ0n) is 20.0. The molecule has 182 valence electrons. The van der Waals surface area contributed by atoms with E-state index in [4.69, 9.17) is 14.2 Å². The third kappa shape index (κ3) is 4.48. The number of nitriles is 1. The molecule has 1 aromatic carbocycles. The lowest BCUT2D eigenvalue weighted by Crippen LogP contribution is -2.48. The van der Waals surface area contributed by atoms with Crippen LogP contribution in [-0.2, 0) is 32.0 Å². The fourth-order valence-corrected chi connectivity index (χ4v) is 5.58. The predicted octanol–water partition coefficient (Wildman–Crippen LogP) is 2.76. The van der Waals surface area contributed by atoms with Gasteiger partial charge in [0, 0.05) is 17.8 Å². The Bertz CT molecular complexity index is 1020. The van der Waals surface area contributed by atoms with Crippen LogP contribution in [0.4, 0.5) is 0 Å². The molecular weight excluding hydrogens is 436 g/mol. The SMILES string of the molecule is COC(=O)C1Cc2cc(OC)c(OC)cc2CC1C(=O)[C@@H]1CCCC[C@H]1C(=O)NC1(C#N)CC1. The van der Waals surface area contributed by atoms with Gasteiger partial charge < -0.3 is 19.5 Å². The fraction of sp³-hybridized carbons (Fsp3) is 0.615. The highest BCUT2D eigenvalue weighted by Crippen LogP contribution is 2.42. The summed E-state index contributed by atoms with van der Waals surface area (Å²) < 4.78 is 15.9. The zero-order valence-corrected chi connectivity index (χ0v) is 20.0. The molecule has 0 aromatic heterocycles. The molecule has 0 saturated heterocycles. The van der Waals surface area contributed by atoms with Crippen molar-refractivity contribution in [1.29, 1.82) is 5.26 Å². The molecule has 0 spiro atoms. The zero-order chi connectivity index (χ0) is 24.5. The Balaban J connectivity index is 1.62. The van der Waals surface area contributed by atoms with E-state index in [1.807, 2.05) is 12.1 Å². The summed E-state index contributed by atoms with van der Waals surface area (Å²) in [5, 5.41) is 12.3. The smallest absolute Gasteiger partial charge is 0.309 e. The minimum Gasteiger partial charge on any atom is -0.493 e. The molecule has 2 unspecified atom stereocenters. The van der Waals surface area contributed by atoms with E-state index in [0.29, 0.717) is 50.0 Å². The molecule has 3 aliphatic rings. The first-order valence-corrected chi connectivity index (χ1v) is 11.9. The van der Waals surface area contributed by atoms with Crippen molar-refractivity contribution in [2.75, 3.05) is 21.3 Å². The van der Waals surface area contributed by atoms with Crippen molar-refractivity contribution in [2.24, 2.45) is 23.7 Å². The number of hydrogen-bond acceptors (Lipinski definition) is 7. The van der Waals surface area contributed by atoms with Gasteiger partial charge in [-0.1, -0.05) is 12.8 Å². The normalized spacial score (nSPS) is 26.9. The van der Waals surface area contributed by atoms with E-state index in [0.717, 1.165) is 24.0 Å². The van der Waals surface area contributed by atoms with Crippen LogP contribution in [0.2, 0.25) is 0 Å². The Morgan fingerprint density at radius 3 is 1.97 bits per heavy atom. The second kappa shape index (κ2) is 9.65. The molecular formula is C26H32N2O6. The van der Waals surface area contributed by atoms with Crippen molar-refractivity contribution in [2.45, 2.75) is 56.9 Å². The number of ketones is 1. The van der Waals surface area contributed by atoms with Crippen LogP contribution in [0.5, 0.6) is 11.5 Å². The van der Waals surface area contributed by atoms with Crippen LogP contribution in [0.25, 0.3) is 0 Å². The highest BCUT2D eigenvalue weighted by atomic mass is 16.5. The molecule has 34 heavy (non-hydrogen) atoms. The van der Waals surface area contributed by atoms with Crippen LogP contribution in [0.15, 0.2) is 12.1 Å². The number of nitrogens with zero attached hydrogens (tertiary/aromatic N) is 1. The predicted molar refractivity (Wildman–Crippen MR) is 122 cm³/mol. The number of methoxy groups -OCH3 is 3. The summed E-state index contributed by atoms with van der Waals surface area (Å²) >= 11 is 0. The summed E-state index contributed by atoms with van der Waals surface area (Å²) in [5.41, 5.74) is 1.10. The molecule has 1 N–H and O–H groups in total. The third-order valence-electron chi connectivity index (χ3n) is 7.74. The molecule has 1 aromatic rings. The maximum absolute atomic E-state index is 13.9. The van der Waals surface area contributed by atoms with Gasteiger partial charge in [-0.05, 0) is 61.8 Å². The van der Waals surface area contributed by atoms with Crippen LogP contribution >= 0.6 is 0 Å². The van der Waals surface area contributed by atoms with Gasteiger partial charge in [-0.15, -0.1) is 0 Å². The van der Waals surface area contributed by atoms with E-state index in [2.05, 4.69) is 11.4 Å². The van der Waals surface area contributed by atoms with Crippen LogP contribution in [0.1, 0.15) is 49.7 Å². The number of carbonyl (C=O) groups is 3. The first-order valence-electron chi connectivity index (χ1n) is 11.9. The number of hydrogen-bond donors (Lipinski definition) is 1. The Kier molecular flexibility index (Phi) is 6.83. The molecule has 8 nitrogen and oxygen atoms in total. The van der Waals surface area contributed by atoms with Gasteiger partial charge in [-0.3, -0.25) is 14.4 Å². The number of nitrogens with one attached hydrogen (secondary N) is 1. The van der Waals surface area contributed by atoms with Crippen molar-refractivity contribution in [3.05, 3.63) is 23.3 Å². The molecule has 1 amide bonds. The molecule has 0 radical (unpaired) electrons. The van der Waals surface area contributed by atoms with Crippen LogP contribution in [-0.4, -0.2) is 44.5 Å². The van der Waals surface area contributed by atoms with E-state index in [1.165, 1.54) is 7.11 Å². The molecule has 0 bridgehead atoms. The summed E-state index contributed by atoms with van der Waals surface area (Å²) in [6.45, 7) is 0. The maximum atomic E-state index is 13.9. The van der Waals surface area contributed by atoms with Crippen LogP contribution < -0.4 is 14.8 Å². The highest BCUT2D eigenvalue weighted by molar-refractivity contribution is 5.94. The monoisotopic (exact) mass is 468 g/mol. The van der Waals surface area contributed by atoms with E-state index in [-0.39, 0.29) is 11.7 Å². The lowest BCUT2D eigenvalue weighted by atomic mass is 9.66. The average molecular weight is 469 g/mol. The maximum Gasteiger partial charge on any atom is 0.309 e. The molecule has 0 aliphatic heterocycles. The summed E-state index contributed by atoms with van der Waals surface area (Å²) in [4.78, 5) is 39.8. The number of Topliss-reactive ketones (excluding diaryl/α,β-unsaturated/α-hetero) is 1. The minimum atomic E-state index is -0.768. The number of fused-ring (bicyclic) bond motifs is 1. The minimum absolute atomic E-state index is 0.0579. The van der Waals surface area contributed by atoms with Gasteiger partial charge >= 0.3 is 5.97 Å². The molecule has 8 heteroatoms. The van der Waals surface area contributed by atoms with Gasteiger partial charge in [0.2, 0.25) is 5.91 Å². The summed E-state index contributed by atoms with van der Waals surface area (Å²) in [6.07, 6.45) is 4.99. The van der Waals surface area contributed by atoms with Crippen LogP contribution in [0.3, 0.4) is 0 Å². The standard InChI is InChI=1S/C26H32N2O6/c1-32-21-12-15-10-19(20(25(31)34-3)11-16(15)13-22(21)33-2)23(29)17-6-4-5-7-18(17)24(30)28-26(14-27)8-9-26/h12-13,17-20H,4-11H2,1-3H3,(H,28,30)/t17-,18-,19?,20?/m1/s1. The fourth-order valence-electron chi connectivity index (χ4n) is 5.58. The first kappa shape index (κ1) is 24.1. The van der Waals surface area contributed by atoms with Crippen molar-refractivity contribution in [3.8, 4) is 17.6 Å². The average Bonchev–Trinajstić information content (AvgIpc) is 3.65. The number of ether oxygens (including phenoxy) is 3. The third-order valence-corrected chi connectivity index (χ3v) is 7.74. The van der Waals surface area contributed by atoms with Crippen molar-refractivity contribution >= 4 is 17.7 Å². The van der Waals surface area contributed by atoms with Gasteiger partial charge in [0.25, 0.3) is 0 Å². The van der Waals surface area contributed by atoms with Gasteiger partial charge in [0.1, 0.15) is 11.3 Å². The van der Waals surface area contributed by atoms with Crippen molar-refractivity contribution in [3.63, 3.8) is 0 Å². The van der Waals surface area contributed by atoms with Gasteiger partial charge in [-0.25, -0.2) is 0 Å². The Hall–Kier alpha value is -3.08. The number of rotatable bonds is 7. The molecule has 2 saturated carbocycles. The molecule has 4 atom stereocenters. The lowest BCUT2D eigenvalue weighted by molar-refractivity contribution is -0.152. The Labute approximate surface area is 199 Å². The van der Waals surface area contributed by atoms with Crippen molar-refractivity contribution in [1.82, 2.24) is 5.32 Å². The van der Waals surface area contributed by atoms with Gasteiger partial charge in [0.15, 0.2) is 11.5 Å². The largest absolute Gasteiger partial charge is 0.493 e. The van der Waals surface area contributed by atoms with E-state index >= 15 is 0 Å². The van der Waals surface area contributed by atoms with E-state index in [1.54, 1.807) is 14.2 Å². The van der Waals surface area contributed by atoms with Gasteiger partial charge in [-0.2, -0.15) is 5.26 Å². The summed E-state index contributed by atoms with van der Waals surface area (Å²) in [6, 6.07) is 5.92. The second-order valence-electron chi connectivity index (χ2n) is 9.70. The number of esters is 1. The molecule has 0 heterocycles. The molecule has 2 fully saturated rings. The number of carbonyl (C=O) groups excluding carboxylic acids is 3.